The summed E-state index contributed by atoms with van der Waals surface area (Å²) in [7, 11) is 0. The molecule has 0 aromatic heterocycles. The van der Waals surface area contributed by atoms with Gasteiger partial charge in [0.1, 0.15) is 17.5 Å². The van der Waals surface area contributed by atoms with Crippen molar-refractivity contribution in [2.45, 2.75) is 37.1 Å². The summed E-state index contributed by atoms with van der Waals surface area (Å²) in [4.78, 5) is 11.1. The minimum Gasteiger partial charge on any atom is -0.469 e. The van der Waals surface area contributed by atoms with Crippen molar-refractivity contribution in [3.63, 3.8) is 0 Å². The highest BCUT2D eigenvalue weighted by Crippen LogP contribution is 2.50. The molecular formula is C45H38N2O2. The summed E-state index contributed by atoms with van der Waals surface area (Å²) in [6, 6.07) is 62.6. The van der Waals surface area contributed by atoms with E-state index in [2.05, 4.69) is 158 Å². The van der Waals surface area contributed by atoms with Gasteiger partial charge in [-0.2, -0.15) is 0 Å². The summed E-state index contributed by atoms with van der Waals surface area (Å²) in [5.74, 6) is 1.31. The Morgan fingerprint density at radius 1 is 0.367 bits per heavy atom. The molecule has 8 rings (SSSR count). The summed E-state index contributed by atoms with van der Waals surface area (Å²) in [6.07, 6.45) is 0.599. The zero-order valence-electron chi connectivity index (χ0n) is 27.3. The first kappa shape index (κ1) is 30.6. The van der Waals surface area contributed by atoms with Gasteiger partial charge in [0.05, 0.1) is 0 Å². The zero-order chi connectivity index (χ0) is 32.9. The van der Waals surface area contributed by atoms with Gasteiger partial charge in [-0.1, -0.05) is 182 Å². The third kappa shape index (κ3) is 6.30. The molecule has 0 spiro atoms. The quantitative estimate of drug-likeness (QED) is 0.150. The van der Waals surface area contributed by atoms with Crippen LogP contribution >= 0.6 is 0 Å². The second-order valence-electron chi connectivity index (χ2n) is 12.9. The molecule has 6 aromatic carbocycles. The average Bonchev–Trinajstić information content (AvgIpc) is 3.84. The Morgan fingerprint density at radius 2 is 0.653 bits per heavy atom. The standard InChI is InChI=1S/C45H38N2O2/c1-7-19-33(20-8-1)31-45(32-34-21-9-2-10-22-34,43-46-39(35-23-11-3-12-24-35)41(48-43)37-27-15-5-16-28-37)44-47-40(36-25-13-4-14-26-36)42(49-44)38-29-17-6-18-30-38/h1-30,39-42H,31-32H2/t39-,40-,41+,42+/m1/s1. The molecule has 0 saturated heterocycles. The molecule has 2 aliphatic heterocycles. The van der Waals surface area contributed by atoms with Gasteiger partial charge in [-0.15, -0.1) is 0 Å². The van der Waals surface area contributed by atoms with Crippen LogP contribution in [0.5, 0.6) is 0 Å². The molecule has 0 unspecified atom stereocenters. The summed E-state index contributed by atoms with van der Waals surface area (Å²) < 4.78 is 14.4. The van der Waals surface area contributed by atoms with Gasteiger partial charge < -0.3 is 9.47 Å². The first-order valence-electron chi connectivity index (χ1n) is 17.0. The van der Waals surface area contributed by atoms with Gasteiger partial charge in [-0.25, -0.2) is 9.98 Å². The Bertz CT molecular complexity index is 1870. The van der Waals surface area contributed by atoms with Gasteiger partial charge in [-0.05, 0) is 46.2 Å². The van der Waals surface area contributed by atoms with Crippen LogP contribution in [0.1, 0.15) is 57.7 Å². The van der Waals surface area contributed by atoms with E-state index in [4.69, 9.17) is 19.5 Å². The Balaban J connectivity index is 1.34. The van der Waals surface area contributed by atoms with Crippen LogP contribution < -0.4 is 0 Å². The molecule has 0 bridgehead atoms. The molecule has 6 aromatic rings. The first-order valence-corrected chi connectivity index (χ1v) is 17.0. The van der Waals surface area contributed by atoms with E-state index in [1.807, 2.05) is 24.3 Å². The number of ether oxygens (including phenoxy) is 2. The maximum absolute atomic E-state index is 7.21. The maximum Gasteiger partial charge on any atom is 0.201 e. The van der Waals surface area contributed by atoms with Crippen LogP contribution in [0.15, 0.2) is 192 Å². The smallest absolute Gasteiger partial charge is 0.201 e. The lowest BCUT2D eigenvalue weighted by atomic mass is 9.75. The van der Waals surface area contributed by atoms with Crippen molar-refractivity contribution in [3.8, 4) is 0 Å². The third-order valence-corrected chi connectivity index (χ3v) is 9.62. The predicted octanol–water partition coefficient (Wildman–Crippen LogP) is 10.3. The molecule has 0 radical (unpaired) electrons. The molecule has 0 saturated carbocycles. The number of rotatable bonds is 10. The van der Waals surface area contributed by atoms with Crippen LogP contribution in [0.3, 0.4) is 0 Å². The topological polar surface area (TPSA) is 43.2 Å². The van der Waals surface area contributed by atoms with Crippen molar-refractivity contribution in [2.24, 2.45) is 15.4 Å². The highest BCUT2D eigenvalue weighted by molar-refractivity contribution is 6.07. The summed E-state index contributed by atoms with van der Waals surface area (Å²) >= 11 is 0. The van der Waals surface area contributed by atoms with Gasteiger partial charge in [-0.3, -0.25) is 0 Å². The number of aliphatic imine (C=N–C) groups is 2. The molecule has 0 amide bonds. The lowest BCUT2D eigenvalue weighted by Gasteiger charge is -2.34. The second kappa shape index (κ2) is 13.8. The molecule has 2 heterocycles. The van der Waals surface area contributed by atoms with E-state index in [-0.39, 0.29) is 24.3 Å². The van der Waals surface area contributed by atoms with Gasteiger partial charge in [0.2, 0.25) is 11.8 Å². The van der Waals surface area contributed by atoms with Gasteiger partial charge in [0, 0.05) is 0 Å². The summed E-state index contributed by atoms with van der Waals surface area (Å²) in [5.41, 5.74) is 5.88. The fourth-order valence-corrected chi connectivity index (χ4v) is 7.22. The lowest BCUT2D eigenvalue weighted by Crippen LogP contribution is -2.44. The molecule has 240 valence electrons. The van der Waals surface area contributed by atoms with E-state index in [9.17, 15) is 0 Å². The van der Waals surface area contributed by atoms with Crippen molar-refractivity contribution in [1.29, 1.82) is 0 Å². The molecule has 4 nitrogen and oxygen atoms in total. The SMILES string of the molecule is c1ccc(CC(Cc2ccccc2)(C2=N[C@H](c3ccccc3)[C@H](c3ccccc3)O2)C2=N[C@H](c3ccccc3)[C@H](c3ccccc3)O2)cc1. The largest absolute Gasteiger partial charge is 0.469 e. The molecule has 0 aliphatic carbocycles. The van der Waals surface area contributed by atoms with Crippen molar-refractivity contribution in [3.05, 3.63) is 215 Å². The average molecular weight is 639 g/mol. The van der Waals surface area contributed by atoms with E-state index < -0.39 is 5.41 Å². The second-order valence-corrected chi connectivity index (χ2v) is 12.9. The molecule has 0 N–H and O–H groups in total. The Labute approximate surface area is 288 Å². The number of benzene rings is 6. The van der Waals surface area contributed by atoms with Crippen LogP contribution in [-0.2, 0) is 22.3 Å². The number of hydrogen-bond donors (Lipinski definition) is 0. The summed E-state index contributed by atoms with van der Waals surface area (Å²) in [5, 5.41) is 0. The van der Waals surface area contributed by atoms with Gasteiger partial charge >= 0.3 is 0 Å². The van der Waals surface area contributed by atoms with Crippen molar-refractivity contribution >= 4 is 11.8 Å². The normalized spacial score (nSPS) is 20.2. The Hall–Kier alpha value is -5.74. The Morgan fingerprint density at radius 3 is 0.980 bits per heavy atom. The molecule has 4 heteroatoms. The minimum absolute atomic E-state index is 0.235. The molecule has 0 fully saturated rings. The van der Waals surface area contributed by atoms with Gasteiger partial charge in [0.15, 0.2) is 12.2 Å². The number of hydrogen-bond acceptors (Lipinski definition) is 4. The first-order chi connectivity index (χ1) is 24.3. The van der Waals surface area contributed by atoms with Crippen LogP contribution in [0.25, 0.3) is 0 Å². The van der Waals surface area contributed by atoms with E-state index >= 15 is 0 Å². The number of nitrogens with zero attached hydrogens (tertiary/aromatic N) is 2. The molecule has 4 atom stereocenters. The van der Waals surface area contributed by atoms with Crippen LogP contribution in [-0.4, -0.2) is 11.8 Å². The fourth-order valence-electron chi connectivity index (χ4n) is 7.22. The van der Waals surface area contributed by atoms with Crippen LogP contribution in [0.4, 0.5) is 0 Å². The lowest BCUT2D eigenvalue weighted by molar-refractivity contribution is 0.154. The van der Waals surface area contributed by atoms with E-state index in [1.54, 1.807) is 0 Å². The summed E-state index contributed by atoms with van der Waals surface area (Å²) in [6.45, 7) is 0. The van der Waals surface area contributed by atoms with Crippen molar-refractivity contribution < 1.29 is 9.47 Å². The van der Waals surface area contributed by atoms with E-state index in [0.717, 1.165) is 33.4 Å². The zero-order valence-corrected chi connectivity index (χ0v) is 27.3. The molecular weight excluding hydrogens is 601 g/mol. The molecule has 2 aliphatic rings. The highest BCUT2D eigenvalue weighted by atomic mass is 16.5. The monoisotopic (exact) mass is 638 g/mol. The van der Waals surface area contributed by atoms with E-state index in [0.29, 0.717) is 24.6 Å². The molecule has 49 heavy (non-hydrogen) atoms. The van der Waals surface area contributed by atoms with Crippen LogP contribution in [0.2, 0.25) is 0 Å². The van der Waals surface area contributed by atoms with E-state index in [1.165, 1.54) is 0 Å². The van der Waals surface area contributed by atoms with Crippen LogP contribution in [0, 0.1) is 5.41 Å². The predicted molar refractivity (Wildman–Crippen MR) is 196 cm³/mol. The minimum atomic E-state index is -0.837. The fraction of sp³-hybridized carbons (Fsp3) is 0.156. The third-order valence-electron chi connectivity index (χ3n) is 9.62. The Kier molecular flexibility index (Phi) is 8.60. The highest BCUT2D eigenvalue weighted by Gasteiger charge is 2.53. The maximum atomic E-state index is 7.21. The van der Waals surface area contributed by atoms with Crippen molar-refractivity contribution in [2.75, 3.05) is 0 Å². The van der Waals surface area contributed by atoms with Gasteiger partial charge in [0.25, 0.3) is 0 Å². The van der Waals surface area contributed by atoms with Crippen molar-refractivity contribution in [1.82, 2.24) is 0 Å².